The summed E-state index contributed by atoms with van der Waals surface area (Å²) in [6.07, 6.45) is 0. The number of fused-ring (bicyclic) bond motifs is 1. The number of methoxy groups -OCH3 is 1. The van der Waals surface area contributed by atoms with Crippen molar-refractivity contribution in [2.45, 2.75) is 13.0 Å². The number of benzene rings is 2. The lowest BCUT2D eigenvalue weighted by Crippen LogP contribution is -2.52. The van der Waals surface area contributed by atoms with Crippen molar-refractivity contribution < 1.29 is 19.0 Å². The normalized spacial score (nSPS) is 17.5. The molecule has 0 saturated carbocycles. The van der Waals surface area contributed by atoms with E-state index in [9.17, 15) is 4.79 Å². The fourth-order valence-corrected chi connectivity index (χ4v) is 3.71. The second kappa shape index (κ2) is 8.61. The molecular formula is C22H27N3O4. The van der Waals surface area contributed by atoms with Crippen molar-refractivity contribution in [3.05, 3.63) is 42.5 Å². The van der Waals surface area contributed by atoms with E-state index in [1.807, 2.05) is 43.3 Å². The third kappa shape index (κ3) is 4.40. The Bertz CT molecular complexity index is 865. The van der Waals surface area contributed by atoms with Crippen LogP contribution in [0.2, 0.25) is 0 Å². The maximum absolute atomic E-state index is 12.8. The average molecular weight is 397 g/mol. The summed E-state index contributed by atoms with van der Waals surface area (Å²) < 4.78 is 16.4. The average Bonchev–Trinajstić information content (AvgIpc) is 2.78. The molecule has 0 spiro atoms. The van der Waals surface area contributed by atoms with E-state index in [2.05, 4.69) is 21.2 Å². The van der Waals surface area contributed by atoms with Crippen molar-refractivity contribution in [2.75, 3.05) is 56.7 Å². The number of rotatable bonds is 5. The van der Waals surface area contributed by atoms with E-state index in [1.165, 1.54) is 0 Å². The van der Waals surface area contributed by atoms with Crippen LogP contribution in [0, 0.1) is 0 Å². The van der Waals surface area contributed by atoms with Gasteiger partial charge >= 0.3 is 0 Å². The molecule has 29 heavy (non-hydrogen) atoms. The molecule has 0 bridgehead atoms. The first-order valence-corrected chi connectivity index (χ1v) is 9.97. The molecule has 154 valence electrons. The van der Waals surface area contributed by atoms with Crippen LogP contribution in [0.4, 0.5) is 11.4 Å². The highest BCUT2D eigenvalue weighted by Gasteiger charge is 2.26. The molecule has 0 radical (unpaired) electrons. The zero-order valence-electron chi connectivity index (χ0n) is 16.9. The number of nitrogens with one attached hydrogen (secondary N) is 1. The van der Waals surface area contributed by atoms with Crippen LogP contribution in [0.1, 0.15) is 6.92 Å². The van der Waals surface area contributed by atoms with Crippen LogP contribution >= 0.6 is 0 Å². The Morgan fingerprint density at radius 3 is 2.55 bits per heavy atom. The number of nitrogens with zero attached hydrogens (tertiary/aromatic N) is 2. The number of hydrogen-bond acceptors (Lipinski definition) is 6. The quantitative estimate of drug-likeness (QED) is 0.837. The van der Waals surface area contributed by atoms with Gasteiger partial charge in [0.2, 0.25) is 5.91 Å². The molecule has 7 heteroatoms. The molecule has 1 amide bonds. The Morgan fingerprint density at radius 1 is 1.03 bits per heavy atom. The predicted molar refractivity (Wildman–Crippen MR) is 112 cm³/mol. The molecular weight excluding hydrogens is 370 g/mol. The lowest BCUT2D eigenvalue weighted by molar-refractivity contribution is -0.120. The first-order chi connectivity index (χ1) is 14.1. The maximum atomic E-state index is 12.8. The van der Waals surface area contributed by atoms with Crippen molar-refractivity contribution in [1.82, 2.24) is 4.90 Å². The molecule has 0 aromatic heterocycles. The highest BCUT2D eigenvalue weighted by atomic mass is 16.6. The summed E-state index contributed by atoms with van der Waals surface area (Å²) in [6.45, 7) is 6.42. The number of carbonyl (C=O) groups excluding carboxylic acids is 1. The fourth-order valence-electron chi connectivity index (χ4n) is 3.71. The summed E-state index contributed by atoms with van der Waals surface area (Å²) in [7, 11) is 1.68. The minimum absolute atomic E-state index is 0.0171. The van der Waals surface area contributed by atoms with Crippen molar-refractivity contribution in [1.29, 1.82) is 0 Å². The summed E-state index contributed by atoms with van der Waals surface area (Å²) in [4.78, 5) is 17.3. The maximum Gasteiger partial charge on any atom is 0.241 e. The lowest BCUT2D eigenvalue weighted by atomic mass is 10.2. The van der Waals surface area contributed by atoms with Crippen LogP contribution in [-0.2, 0) is 4.79 Å². The minimum Gasteiger partial charge on any atom is -0.497 e. The van der Waals surface area contributed by atoms with Crippen LogP contribution < -0.4 is 24.4 Å². The zero-order valence-corrected chi connectivity index (χ0v) is 16.9. The van der Waals surface area contributed by atoms with Gasteiger partial charge in [0.05, 0.1) is 13.2 Å². The number of piperazine rings is 1. The van der Waals surface area contributed by atoms with Crippen LogP contribution in [0.25, 0.3) is 0 Å². The molecule has 4 rings (SSSR count). The van der Waals surface area contributed by atoms with E-state index in [0.717, 1.165) is 49.1 Å². The smallest absolute Gasteiger partial charge is 0.241 e. The Balaban J connectivity index is 1.33. The van der Waals surface area contributed by atoms with E-state index in [1.54, 1.807) is 7.11 Å². The molecule has 0 aliphatic carbocycles. The van der Waals surface area contributed by atoms with Gasteiger partial charge in [0.15, 0.2) is 11.5 Å². The number of hydrogen-bond donors (Lipinski definition) is 1. The van der Waals surface area contributed by atoms with Gasteiger partial charge in [-0.2, -0.15) is 0 Å². The van der Waals surface area contributed by atoms with Crippen molar-refractivity contribution in [3.8, 4) is 17.2 Å². The Kier molecular flexibility index (Phi) is 5.76. The lowest BCUT2D eigenvalue weighted by Gasteiger charge is -2.38. The molecule has 0 unspecified atom stereocenters. The molecule has 1 N–H and O–H groups in total. The van der Waals surface area contributed by atoms with Gasteiger partial charge in [0.1, 0.15) is 19.0 Å². The number of amides is 1. The van der Waals surface area contributed by atoms with E-state index >= 15 is 0 Å². The largest absolute Gasteiger partial charge is 0.497 e. The van der Waals surface area contributed by atoms with Crippen LogP contribution in [0.5, 0.6) is 17.2 Å². The van der Waals surface area contributed by atoms with Gasteiger partial charge < -0.3 is 24.4 Å². The van der Waals surface area contributed by atoms with E-state index < -0.39 is 0 Å². The Labute approximate surface area is 171 Å². The number of ether oxygens (including phenoxy) is 3. The van der Waals surface area contributed by atoms with Crippen LogP contribution in [0.3, 0.4) is 0 Å². The van der Waals surface area contributed by atoms with E-state index in [4.69, 9.17) is 14.2 Å². The molecule has 1 saturated heterocycles. The minimum atomic E-state index is -0.212. The third-order valence-electron chi connectivity index (χ3n) is 5.47. The van der Waals surface area contributed by atoms with Gasteiger partial charge in [0.25, 0.3) is 0 Å². The van der Waals surface area contributed by atoms with E-state index in [0.29, 0.717) is 19.0 Å². The monoisotopic (exact) mass is 397 g/mol. The fraction of sp³-hybridized carbons (Fsp3) is 0.409. The molecule has 2 aliphatic heterocycles. The SMILES string of the molecule is COc1cccc(N2CCN([C@H](C)C(=O)Nc3ccc4c(c3)OCCO4)CC2)c1. The standard InChI is InChI=1S/C22H27N3O4/c1-16(22(26)23-17-6-7-20-21(14-17)29-13-12-28-20)24-8-10-25(11-9-24)18-4-3-5-19(15-18)27-2/h3-7,14-16H,8-13H2,1-2H3,(H,23,26)/t16-/m1/s1. The molecule has 2 aromatic carbocycles. The van der Waals surface area contributed by atoms with E-state index in [-0.39, 0.29) is 11.9 Å². The predicted octanol–water partition coefficient (Wildman–Crippen LogP) is 2.62. The first kappa shape index (κ1) is 19.4. The topological polar surface area (TPSA) is 63.3 Å². The summed E-state index contributed by atoms with van der Waals surface area (Å²) >= 11 is 0. The van der Waals surface area contributed by atoms with Gasteiger partial charge in [-0.15, -0.1) is 0 Å². The second-order valence-electron chi connectivity index (χ2n) is 7.25. The number of carbonyl (C=O) groups is 1. The van der Waals surface area contributed by atoms with Gasteiger partial charge in [-0.3, -0.25) is 9.69 Å². The highest BCUT2D eigenvalue weighted by Crippen LogP contribution is 2.32. The summed E-state index contributed by atoms with van der Waals surface area (Å²) in [6, 6.07) is 13.4. The summed E-state index contributed by atoms with van der Waals surface area (Å²) in [5.74, 6) is 2.23. The molecule has 7 nitrogen and oxygen atoms in total. The zero-order chi connectivity index (χ0) is 20.2. The molecule has 2 heterocycles. The summed E-state index contributed by atoms with van der Waals surface area (Å²) in [5.41, 5.74) is 1.87. The molecule has 2 aliphatic rings. The van der Waals surface area contributed by atoms with Crippen molar-refractivity contribution >= 4 is 17.3 Å². The highest BCUT2D eigenvalue weighted by molar-refractivity contribution is 5.94. The number of anilines is 2. The third-order valence-corrected chi connectivity index (χ3v) is 5.47. The van der Waals surface area contributed by atoms with Gasteiger partial charge in [-0.1, -0.05) is 6.07 Å². The first-order valence-electron chi connectivity index (χ1n) is 9.97. The van der Waals surface area contributed by atoms with Crippen molar-refractivity contribution in [3.63, 3.8) is 0 Å². The van der Waals surface area contributed by atoms with Gasteiger partial charge in [-0.05, 0) is 31.2 Å². The van der Waals surface area contributed by atoms with Gasteiger partial charge in [-0.25, -0.2) is 0 Å². The second-order valence-corrected chi connectivity index (χ2v) is 7.25. The van der Waals surface area contributed by atoms with Crippen LogP contribution in [-0.4, -0.2) is 63.4 Å². The Morgan fingerprint density at radius 2 is 1.79 bits per heavy atom. The molecule has 1 atom stereocenters. The van der Waals surface area contributed by atoms with Crippen LogP contribution in [0.15, 0.2) is 42.5 Å². The molecule has 1 fully saturated rings. The van der Waals surface area contributed by atoms with Crippen molar-refractivity contribution in [2.24, 2.45) is 0 Å². The Hall–Kier alpha value is -2.93. The van der Waals surface area contributed by atoms with Gasteiger partial charge in [0, 0.05) is 49.7 Å². The summed E-state index contributed by atoms with van der Waals surface area (Å²) in [5, 5.41) is 3.00. The molecule has 2 aromatic rings.